The molecule has 0 bridgehead atoms. The molecule has 2 nitrogen and oxygen atoms in total. The molecule has 1 aromatic carbocycles. The smallest absolute Gasteiger partial charge is 0.136 e. The Balaban J connectivity index is 2.48. The molecular formula is C14H17FO2. The van der Waals surface area contributed by atoms with Crippen molar-refractivity contribution in [3.63, 3.8) is 0 Å². The van der Waals surface area contributed by atoms with Gasteiger partial charge in [-0.1, -0.05) is 20.3 Å². The maximum absolute atomic E-state index is 13.1. The Morgan fingerprint density at radius 1 is 1.29 bits per heavy atom. The van der Waals surface area contributed by atoms with Crippen molar-refractivity contribution >= 4 is 11.0 Å². The molecule has 2 aromatic rings. The molecule has 1 unspecified atom stereocenters. The van der Waals surface area contributed by atoms with Gasteiger partial charge in [-0.05, 0) is 37.1 Å². The van der Waals surface area contributed by atoms with Crippen LogP contribution in [-0.2, 0) is 5.60 Å². The van der Waals surface area contributed by atoms with E-state index in [0.717, 1.165) is 6.42 Å². The van der Waals surface area contributed by atoms with Crippen LogP contribution in [0.3, 0.4) is 0 Å². The first-order valence-electron chi connectivity index (χ1n) is 6.01. The maximum atomic E-state index is 13.1. The van der Waals surface area contributed by atoms with Crippen LogP contribution in [0.5, 0.6) is 0 Å². The Bertz CT molecular complexity index is 518. The normalized spacial score (nSPS) is 15.1. The Morgan fingerprint density at radius 3 is 2.71 bits per heavy atom. The molecule has 92 valence electrons. The number of furan rings is 1. The highest BCUT2D eigenvalue weighted by Crippen LogP contribution is 2.34. The van der Waals surface area contributed by atoms with Crippen molar-refractivity contribution in [1.29, 1.82) is 0 Å². The second-order valence-electron chi connectivity index (χ2n) is 4.43. The minimum absolute atomic E-state index is 0.291. The van der Waals surface area contributed by atoms with Gasteiger partial charge in [0.2, 0.25) is 0 Å². The van der Waals surface area contributed by atoms with Gasteiger partial charge in [0.05, 0.1) is 0 Å². The molecule has 0 aliphatic rings. The fourth-order valence-electron chi connectivity index (χ4n) is 2.13. The first-order chi connectivity index (χ1) is 8.09. The van der Waals surface area contributed by atoms with Gasteiger partial charge in [-0.2, -0.15) is 0 Å². The van der Waals surface area contributed by atoms with Crippen LogP contribution in [0.1, 0.15) is 38.9 Å². The SMILES string of the molecule is CCCC(O)(CC)c1cc2cc(F)ccc2o1. The van der Waals surface area contributed by atoms with E-state index in [1.165, 1.54) is 12.1 Å². The molecular weight excluding hydrogens is 219 g/mol. The molecule has 0 fully saturated rings. The summed E-state index contributed by atoms with van der Waals surface area (Å²) < 4.78 is 18.7. The topological polar surface area (TPSA) is 33.4 Å². The van der Waals surface area contributed by atoms with Crippen molar-refractivity contribution in [3.8, 4) is 0 Å². The van der Waals surface area contributed by atoms with Crippen molar-refractivity contribution in [3.05, 3.63) is 35.8 Å². The zero-order valence-corrected chi connectivity index (χ0v) is 10.2. The third-order valence-corrected chi connectivity index (χ3v) is 3.19. The van der Waals surface area contributed by atoms with Crippen LogP contribution in [-0.4, -0.2) is 5.11 Å². The number of fused-ring (bicyclic) bond motifs is 1. The lowest BCUT2D eigenvalue weighted by molar-refractivity contribution is 0.00296. The molecule has 1 heterocycles. The van der Waals surface area contributed by atoms with Crippen molar-refractivity contribution in [1.82, 2.24) is 0 Å². The van der Waals surface area contributed by atoms with Crippen molar-refractivity contribution in [2.45, 2.75) is 38.7 Å². The predicted molar refractivity (Wildman–Crippen MR) is 65.3 cm³/mol. The highest BCUT2D eigenvalue weighted by Gasteiger charge is 2.30. The number of hydrogen-bond donors (Lipinski definition) is 1. The summed E-state index contributed by atoms with van der Waals surface area (Å²) in [6.07, 6.45) is 2.10. The molecule has 0 saturated heterocycles. The van der Waals surface area contributed by atoms with Gasteiger partial charge in [-0.15, -0.1) is 0 Å². The molecule has 0 radical (unpaired) electrons. The summed E-state index contributed by atoms with van der Waals surface area (Å²) in [5, 5.41) is 11.2. The average molecular weight is 236 g/mol. The van der Waals surface area contributed by atoms with E-state index in [1.54, 1.807) is 12.1 Å². The molecule has 3 heteroatoms. The van der Waals surface area contributed by atoms with Crippen molar-refractivity contribution in [2.24, 2.45) is 0 Å². The summed E-state index contributed by atoms with van der Waals surface area (Å²) in [6, 6.07) is 6.11. The van der Waals surface area contributed by atoms with E-state index >= 15 is 0 Å². The van der Waals surface area contributed by atoms with Crippen LogP contribution in [0.4, 0.5) is 4.39 Å². The van der Waals surface area contributed by atoms with E-state index in [2.05, 4.69) is 0 Å². The minimum Gasteiger partial charge on any atom is -0.458 e. The van der Waals surface area contributed by atoms with E-state index in [0.29, 0.717) is 29.6 Å². The second kappa shape index (κ2) is 4.49. The summed E-state index contributed by atoms with van der Waals surface area (Å²) in [6.45, 7) is 3.94. The fourth-order valence-corrected chi connectivity index (χ4v) is 2.13. The van der Waals surface area contributed by atoms with Crippen LogP contribution < -0.4 is 0 Å². The number of aliphatic hydroxyl groups is 1. The van der Waals surface area contributed by atoms with Crippen LogP contribution >= 0.6 is 0 Å². The van der Waals surface area contributed by atoms with Gasteiger partial charge in [-0.25, -0.2) is 4.39 Å². The van der Waals surface area contributed by atoms with Gasteiger partial charge in [0.1, 0.15) is 22.8 Å². The molecule has 0 aliphatic carbocycles. The predicted octanol–water partition coefficient (Wildman–Crippen LogP) is 3.97. The van der Waals surface area contributed by atoms with Gasteiger partial charge in [0.25, 0.3) is 0 Å². The third kappa shape index (κ3) is 2.20. The standard InChI is InChI=1S/C14H17FO2/c1-3-7-14(16,4-2)13-9-10-8-11(15)5-6-12(10)17-13/h5-6,8-9,16H,3-4,7H2,1-2H3. The fraction of sp³-hybridized carbons (Fsp3) is 0.429. The van der Waals surface area contributed by atoms with Gasteiger partial charge >= 0.3 is 0 Å². The number of benzene rings is 1. The van der Waals surface area contributed by atoms with E-state index < -0.39 is 5.60 Å². The Kier molecular flexibility index (Phi) is 3.20. The van der Waals surface area contributed by atoms with Crippen LogP contribution in [0.25, 0.3) is 11.0 Å². The number of halogens is 1. The van der Waals surface area contributed by atoms with Gasteiger partial charge in [0, 0.05) is 5.39 Å². The minimum atomic E-state index is -0.940. The van der Waals surface area contributed by atoms with Gasteiger partial charge in [-0.3, -0.25) is 0 Å². The zero-order valence-electron chi connectivity index (χ0n) is 10.2. The van der Waals surface area contributed by atoms with Crippen LogP contribution in [0.2, 0.25) is 0 Å². The summed E-state index contributed by atoms with van der Waals surface area (Å²) in [5.74, 6) is 0.239. The van der Waals surface area contributed by atoms with E-state index in [-0.39, 0.29) is 5.82 Å². The summed E-state index contributed by atoms with van der Waals surface area (Å²) in [5.41, 5.74) is -0.325. The average Bonchev–Trinajstić information content (AvgIpc) is 2.72. The first-order valence-corrected chi connectivity index (χ1v) is 6.01. The Hall–Kier alpha value is -1.35. The second-order valence-corrected chi connectivity index (χ2v) is 4.43. The lowest BCUT2D eigenvalue weighted by Crippen LogP contribution is -2.23. The quantitative estimate of drug-likeness (QED) is 0.871. The largest absolute Gasteiger partial charge is 0.458 e. The van der Waals surface area contributed by atoms with Crippen LogP contribution in [0.15, 0.2) is 28.7 Å². The molecule has 0 saturated carbocycles. The van der Waals surface area contributed by atoms with Gasteiger partial charge in [0.15, 0.2) is 0 Å². The monoisotopic (exact) mass is 236 g/mol. The van der Waals surface area contributed by atoms with Crippen molar-refractivity contribution in [2.75, 3.05) is 0 Å². The lowest BCUT2D eigenvalue weighted by atomic mass is 9.92. The van der Waals surface area contributed by atoms with E-state index in [4.69, 9.17) is 4.42 Å². The third-order valence-electron chi connectivity index (χ3n) is 3.19. The molecule has 0 aliphatic heterocycles. The summed E-state index contributed by atoms with van der Waals surface area (Å²) >= 11 is 0. The molecule has 17 heavy (non-hydrogen) atoms. The van der Waals surface area contributed by atoms with Crippen LogP contribution in [0, 0.1) is 5.82 Å². The molecule has 0 spiro atoms. The number of hydrogen-bond acceptors (Lipinski definition) is 2. The first kappa shape index (κ1) is 12.1. The zero-order chi connectivity index (χ0) is 12.5. The molecule has 1 atom stereocenters. The molecule has 2 rings (SSSR count). The molecule has 0 amide bonds. The lowest BCUT2D eigenvalue weighted by Gasteiger charge is -2.23. The Labute approximate surface area is 100 Å². The number of rotatable bonds is 4. The summed E-state index contributed by atoms with van der Waals surface area (Å²) in [4.78, 5) is 0. The van der Waals surface area contributed by atoms with Gasteiger partial charge < -0.3 is 9.52 Å². The highest BCUT2D eigenvalue weighted by atomic mass is 19.1. The highest BCUT2D eigenvalue weighted by molar-refractivity contribution is 5.78. The summed E-state index contributed by atoms with van der Waals surface area (Å²) in [7, 11) is 0. The van der Waals surface area contributed by atoms with E-state index in [1.807, 2.05) is 13.8 Å². The van der Waals surface area contributed by atoms with E-state index in [9.17, 15) is 9.50 Å². The maximum Gasteiger partial charge on any atom is 0.136 e. The molecule has 1 N–H and O–H groups in total. The van der Waals surface area contributed by atoms with Crippen molar-refractivity contribution < 1.29 is 13.9 Å². The Morgan fingerprint density at radius 2 is 2.06 bits per heavy atom. The molecule has 1 aromatic heterocycles.